The Kier molecular flexibility index (Phi) is 7.44. The topological polar surface area (TPSA) is 85.2 Å². The van der Waals surface area contributed by atoms with Gasteiger partial charge < -0.3 is 24.4 Å². The molecule has 0 bridgehead atoms. The lowest BCUT2D eigenvalue weighted by molar-refractivity contribution is -0.149. The van der Waals surface area contributed by atoms with E-state index >= 15 is 0 Å². The van der Waals surface area contributed by atoms with Crippen molar-refractivity contribution in [3.05, 3.63) is 59.7 Å². The molecule has 2 aromatic carbocycles. The molecule has 1 unspecified atom stereocenters. The van der Waals surface area contributed by atoms with Gasteiger partial charge in [0.25, 0.3) is 0 Å². The first-order valence-corrected chi connectivity index (χ1v) is 8.41. The summed E-state index contributed by atoms with van der Waals surface area (Å²) in [6.45, 7) is 2.21. The average molecular weight is 360 g/mol. The van der Waals surface area contributed by atoms with Crippen molar-refractivity contribution in [2.75, 3.05) is 20.3 Å². The smallest absolute Gasteiger partial charge is 0.333 e. The molecule has 0 radical (unpaired) electrons. The van der Waals surface area contributed by atoms with E-state index in [2.05, 4.69) is 0 Å². The van der Waals surface area contributed by atoms with Crippen LogP contribution < -0.4 is 9.47 Å². The Labute approximate surface area is 152 Å². The monoisotopic (exact) mass is 360 g/mol. The third-order valence-corrected chi connectivity index (χ3v) is 3.87. The summed E-state index contributed by atoms with van der Waals surface area (Å²) in [5.41, 5.74) is 1.55. The fourth-order valence-electron chi connectivity index (χ4n) is 2.47. The van der Waals surface area contributed by atoms with E-state index < -0.39 is 18.2 Å². The number of aliphatic carboxylic acids is 1. The van der Waals surface area contributed by atoms with Crippen LogP contribution in [0.1, 0.15) is 24.2 Å². The predicted molar refractivity (Wildman–Crippen MR) is 96.6 cm³/mol. The predicted octanol–water partition coefficient (Wildman–Crippen LogP) is 2.84. The average Bonchev–Trinajstić information content (AvgIpc) is 2.66. The molecule has 2 aromatic rings. The summed E-state index contributed by atoms with van der Waals surface area (Å²) in [6, 6.07) is 14.3. The molecule has 0 saturated heterocycles. The third kappa shape index (κ3) is 5.75. The van der Waals surface area contributed by atoms with Crippen LogP contribution in [0.25, 0.3) is 0 Å². The van der Waals surface area contributed by atoms with Gasteiger partial charge in [-0.2, -0.15) is 0 Å². The minimum Gasteiger partial charge on any atom is -0.497 e. The first-order valence-electron chi connectivity index (χ1n) is 8.41. The van der Waals surface area contributed by atoms with E-state index in [1.165, 1.54) is 0 Å². The van der Waals surface area contributed by atoms with Gasteiger partial charge in [0.1, 0.15) is 24.2 Å². The summed E-state index contributed by atoms with van der Waals surface area (Å²) in [5.74, 6) is 0.292. The van der Waals surface area contributed by atoms with Crippen LogP contribution in [0, 0.1) is 0 Å². The second-order valence-corrected chi connectivity index (χ2v) is 5.73. The van der Waals surface area contributed by atoms with Gasteiger partial charge in [-0.1, -0.05) is 24.3 Å². The van der Waals surface area contributed by atoms with Gasteiger partial charge in [-0.15, -0.1) is 0 Å². The molecule has 2 atom stereocenters. The lowest BCUT2D eigenvalue weighted by Gasteiger charge is -2.15. The van der Waals surface area contributed by atoms with Gasteiger partial charge in [0, 0.05) is 13.0 Å². The van der Waals surface area contributed by atoms with Crippen molar-refractivity contribution >= 4 is 5.97 Å². The van der Waals surface area contributed by atoms with Gasteiger partial charge in [-0.05, 0) is 42.3 Å². The first kappa shape index (κ1) is 19.8. The van der Waals surface area contributed by atoms with E-state index in [-0.39, 0.29) is 13.0 Å². The zero-order valence-electron chi connectivity index (χ0n) is 14.9. The standard InChI is InChI=1S/C20H24O6/c1-3-25-19(20(22)23)11-14-7-9-16(10-8-14)26-13-18(21)15-5-4-6-17(12-15)24-2/h4-10,12,18-19,21H,3,11,13H2,1-2H3,(H,22,23)/t18-,19?/m0/s1. The van der Waals surface area contributed by atoms with E-state index in [4.69, 9.17) is 19.3 Å². The molecule has 0 aliphatic heterocycles. The Hall–Kier alpha value is -2.57. The maximum atomic E-state index is 11.1. The quantitative estimate of drug-likeness (QED) is 0.678. The van der Waals surface area contributed by atoms with Crippen molar-refractivity contribution in [2.24, 2.45) is 0 Å². The van der Waals surface area contributed by atoms with Crippen molar-refractivity contribution in [3.8, 4) is 11.5 Å². The molecule has 140 valence electrons. The second-order valence-electron chi connectivity index (χ2n) is 5.73. The van der Waals surface area contributed by atoms with Crippen molar-refractivity contribution in [2.45, 2.75) is 25.6 Å². The molecular weight excluding hydrogens is 336 g/mol. The number of methoxy groups -OCH3 is 1. The van der Waals surface area contributed by atoms with E-state index in [1.54, 1.807) is 50.4 Å². The second kappa shape index (κ2) is 9.79. The molecule has 2 rings (SSSR count). The van der Waals surface area contributed by atoms with Gasteiger partial charge in [0.05, 0.1) is 7.11 Å². The van der Waals surface area contributed by atoms with E-state index in [9.17, 15) is 9.90 Å². The first-order chi connectivity index (χ1) is 12.5. The van der Waals surface area contributed by atoms with Crippen LogP contribution in [0.2, 0.25) is 0 Å². The van der Waals surface area contributed by atoms with Gasteiger partial charge in [0.2, 0.25) is 0 Å². The number of aliphatic hydroxyl groups is 1. The van der Waals surface area contributed by atoms with Crippen molar-refractivity contribution in [1.82, 2.24) is 0 Å². The Morgan fingerprint density at radius 2 is 1.85 bits per heavy atom. The van der Waals surface area contributed by atoms with Crippen LogP contribution in [0.3, 0.4) is 0 Å². The molecule has 0 aliphatic carbocycles. The highest BCUT2D eigenvalue weighted by Crippen LogP contribution is 2.21. The molecule has 0 amide bonds. The van der Waals surface area contributed by atoms with Crippen LogP contribution in [-0.2, 0) is 16.0 Å². The van der Waals surface area contributed by atoms with Crippen LogP contribution in [0.4, 0.5) is 0 Å². The number of rotatable bonds is 10. The molecule has 0 saturated carbocycles. The van der Waals surface area contributed by atoms with E-state index in [0.29, 0.717) is 23.7 Å². The highest BCUT2D eigenvalue weighted by atomic mass is 16.5. The number of carbonyl (C=O) groups is 1. The lowest BCUT2D eigenvalue weighted by Crippen LogP contribution is -2.26. The van der Waals surface area contributed by atoms with E-state index in [0.717, 1.165) is 5.56 Å². The Morgan fingerprint density at radius 1 is 1.12 bits per heavy atom. The number of carboxylic acid groups (broad SMARTS) is 1. The highest BCUT2D eigenvalue weighted by molar-refractivity contribution is 5.72. The van der Waals surface area contributed by atoms with Gasteiger partial charge in [-0.25, -0.2) is 4.79 Å². The molecule has 6 nitrogen and oxygen atoms in total. The molecule has 0 aromatic heterocycles. The van der Waals surface area contributed by atoms with E-state index in [1.807, 2.05) is 12.1 Å². The Morgan fingerprint density at radius 3 is 2.46 bits per heavy atom. The summed E-state index contributed by atoms with van der Waals surface area (Å²) < 4.78 is 16.0. The normalized spacial score (nSPS) is 13.0. The maximum Gasteiger partial charge on any atom is 0.333 e. The molecular formula is C20H24O6. The summed E-state index contributed by atoms with van der Waals surface area (Å²) in [6.07, 6.45) is -1.35. The highest BCUT2D eigenvalue weighted by Gasteiger charge is 2.18. The zero-order chi connectivity index (χ0) is 18.9. The number of hydrogen-bond acceptors (Lipinski definition) is 5. The summed E-state index contributed by atoms with van der Waals surface area (Å²) in [7, 11) is 1.57. The summed E-state index contributed by atoms with van der Waals surface area (Å²) in [5, 5.41) is 19.4. The van der Waals surface area contributed by atoms with Crippen molar-refractivity contribution in [3.63, 3.8) is 0 Å². The number of benzene rings is 2. The molecule has 0 aliphatic rings. The minimum absolute atomic E-state index is 0.100. The SMILES string of the molecule is CCOC(Cc1ccc(OC[C@H](O)c2cccc(OC)c2)cc1)C(=O)O. The van der Waals surface area contributed by atoms with Crippen LogP contribution in [0.15, 0.2) is 48.5 Å². The Bertz CT molecular complexity index is 698. The fourth-order valence-corrected chi connectivity index (χ4v) is 2.47. The fraction of sp³-hybridized carbons (Fsp3) is 0.350. The molecule has 0 fully saturated rings. The van der Waals surface area contributed by atoms with Gasteiger partial charge in [0.15, 0.2) is 6.10 Å². The summed E-state index contributed by atoms with van der Waals surface area (Å²) in [4.78, 5) is 11.1. The van der Waals surface area contributed by atoms with Crippen LogP contribution in [-0.4, -0.2) is 42.6 Å². The van der Waals surface area contributed by atoms with Crippen LogP contribution >= 0.6 is 0 Å². The zero-order valence-corrected chi connectivity index (χ0v) is 14.9. The number of hydrogen-bond donors (Lipinski definition) is 2. The number of aliphatic hydroxyl groups excluding tert-OH is 1. The van der Waals surface area contributed by atoms with Crippen molar-refractivity contribution in [1.29, 1.82) is 0 Å². The van der Waals surface area contributed by atoms with Crippen molar-refractivity contribution < 1.29 is 29.2 Å². The largest absolute Gasteiger partial charge is 0.497 e. The minimum atomic E-state index is -0.978. The summed E-state index contributed by atoms with van der Waals surface area (Å²) >= 11 is 0. The van der Waals surface area contributed by atoms with Gasteiger partial charge >= 0.3 is 5.97 Å². The molecule has 2 N–H and O–H groups in total. The number of carboxylic acids is 1. The molecule has 26 heavy (non-hydrogen) atoms. The molecule has 0 heterocycles. The molecule has 0 spiro atoms. The lowest BCUT2D eigenvalue weighted by atomic mass is 10.1. The number of ether oxygens (including phenoxy) is 3. The van der Waals surface area contributed by atoms with Gasteiger partial charge in [-0.3, -0.25) is 0 Å². The van der Waals surface area contributed by atoms with Crippen LogP contribution in [0.5, 0.6) is 11.5 Å². The Balaban J connectivity index is 1.91. The molecule has 6 heteroatoms. The maximum absolute atomic E-state index is 11.1. The third-order valence-electron chi connectivity index (χ3n) is 3.87.